The van der Waals surface area contributed by atoms with Crippen LogP contribution in [0.1, 0.15) is 20.8 Å². The van der Waals surface area contributed by atoms with Crippen LogP contribution in [0.4, 0.5) is 16.2 Å². The second kappa shape index (κ2) is 6.10. The highest BCUT2D eigenvalue weighted by Crippen LogP contribution is 2.12. The fraction of sp³-hybridized carbons (Fsp3) is 0.500. The van der Waals surface area contributed by atoms with E-state index >= 15 is 0 Å². The molecule has 0 bridgehead atoms. The van der Waals surface area contributed by atoms with Crippen molar-refractivity contribution in [2.24, 2.45) is 5.84 Å². The van der Waals surface area contributed by atoms with Gasteiger partial charge in [0.05, 0.1) is 6.20 Å². The van der Waals surface area contributed by atoms with E-state index in [1.165, 1.54) is 0 Å². The summed E-state index contributed by atoms with van der Waals surface area (Å²) in [6, 6.07) is -0.610. The van der Waals surface area contributed by atoms with E-state index in [0.29, 0.717) is 0 Å². The van der Waals surface area contributed by atoms with Crippen molar-refractivity contribution in [3.8, 4) is 0 Å². The summed E-state index contributed by atoms with van der Waals surface area (Å²) in [5, 5.41) is 5.36. The minimum absolute atomic E-state index is 0.0123. The molecule has 18 heavy (non-hydrogen) atoms. The monoisotopic (exact) mass is 256 g/mol. The van der Waals surface area contributed by atoms with Gasteiger partial charge in [0.2, 0.25) is 11.9 Å². The quantitative estimate of drug-likeness (QED) is 0.444. The molecule has 0 spiro atoms. The average Bonchev–Trinajstić information content (AvgIpc) is 2.31. The van der Waals surface area contributed by atoms with E-state index in [9.17, 15) is 9.18 Å². The highest BCUT2D eigenvalue weighted by molar-refractivity contribution is 5.84. The molecular formula is C10H17FN6O. The van der Waals surface area contributed by atoms with Crippen molar-refractivity contribution in [3.63, 3.8) is 0 Å². The molecule has 1 amide bonds. The SMILES string of the molecule is CC(C)NC(=O)C(C)Nc1nc(NN)ncc1F. The van der Waals surface area contributed by atoms with E-state index in [2.05, 4.69) is 26.0 Å². The molecule has 1 aromatic heterocycles. The van der Waals surface area contributed by atoms with Crippen molar-refractivity contribution in [1.82, 2.24) is 15.3 Å². The fourth-order valence-corrected chi connectivity index (χ4v) is 1.22. The van der Waals surface area contributed by atoms with Gasteiger partial charge in [0.15, 0.2) is 11.6 Å². The van der Waals surface area contributed by atoms with Gasteiger partial charge in [0.25, 0.3) is 0 Å². The van der Waals surface area contributed by atoms with Gasteiger partial charge >= 0.3 is 0 Å². The van der Waals surface area contributed by atoms with Gasteiger partial charge in [-0.2, -0.15) is 4.98 Å². The predicted molar refractivity (Wildman–Crippen MR) is 66.2 cm³/mol. The summed E-state index contributed by atoms with van der Waals surface area (Å²) in [7, 11) is 0. The van der Waals surface area contributed by atoms with Gasteiger partial charge in [-0.3, -0.25) is 10.2 Å². The summed E-state index contributed by atoms with van der Waals surface area (Å²) in [6.45, 7) is 5.29. The van der Waals surface area contributed by atoms with Crippen LogP contribution in [-0.4, -0.2) is 28.0 Å². The number of nitrogens with zero attached hydrogens (tertiary/aromatic N) is 2. The Balaban J connectivity index is 2.74. The third-order valence-corrected chi connectivity index (χ3v) is 2.05. The molecule has 1 atom stereocenters. The Morgan fingerprint density at radius 2 is 2.11 bits per heavy atom. The average molecular weight is 256 g/mol. The molecule has 0 radical (unpaired) electrons. The molecule has 1 aromatic rings. The Morgan fingerprint density at radius 1 is 1.44 bits per heavy atom. The molecule has 8 heteroatoms. The van der Waals surface area contributed by atoms with Crippen LogP contribution in [0.5, 0.6) is 0 Å². The lowest BCUT2D eigenvalue weighted by atomic mass is 10.3. The molecule has 0 fully saturated rings. The summed E-state index contributed by atoms with van der Waals surface area (Å²) < 4.78 is 13.4. The maximum absolute atomic E-state index is 13.4. The van der Waals surface area contributed by atoms with Gasteiger partial charge in [-0.05, 0) is 20.8 Å². The highest BCUT2D eigenvalue weighted by Gasteiger charge is 2.16. The number of hydrazine groups is 1. The zero-order valence-electron chi connectivity index (χ0n) is 10.5. The van der Waals surface area contributed by atoms with Crippen molar-refractivity contribution in [1.29, 1.82) is 0 Å². The lowest BCUT2D eigenvalue weighted by molar-refractivity contribution is -0.122. The number of halogens is 1. The first-order valence-electron chi connectivity index (χ1n) is 5.50. The van der Waals surface area contributed by atoms with E-state index in [1.807, 2.05) is 13.8 Å². The molecule has 7 nitrogen and oxygen atoms in total. The van der Waals surface area contributed by atoms with Crippen LogP contribution in [0.3, 0.4) is 0 Å². The summed E-state index contributed by atoms with van der Waals surface area (Å²) >= 11 is 0. The Hall–Kier alpha value is -1.96. The van der Waals surface area contributed by atoms with Crippen LogP contribution in [0.25, 0.3) is 0 Å². The van der Waals surface area contributed by atoms with Crippen molar-refractivity contribution >= 4 is 17.7 Å². The molecule has 1 rings (SSSR count). The third kappa shape index (κ3) is 3.81. The molecule has 0 aromatic carbocycles. The standard InChI is InChI=1S/C10H17FN6O/c1-5(2)14-9(18)6(3)15-8-7(11)4-13-10(16-8)17-12/h4-6H,12H2,1-3H3,(H,14,18)(H2,13,15,16,17). The summed E-state index contributed by atoms with van der Waals surface area (Å²) in [4.78, 5) is 19.0. The number of carbonyl (C=O) groups excluding carboxylic acids is 1. The largest absolute Gasteiger partial charge is 0.356 e. The normalized spacial score (nSPS) is 12.1. The molecule has 0 aliphatic heterocycles. The molecule has 0 aliphatic rings. The Bertz CT molecular complexity index is 425. The smallest absolute Gasteiger partial charge is 0.242 e. The van der Waals surface area contributed by atoms with Crippen LogP contribution in [0, 0.1) is 5.82 Å². The lowest BCUT2D eigenvalue weighted by Crippen LogP contribution is -2.41. The summed E-state index contributed by atoms with van der Waals surface area (Å²) in [5.74, 6) is 4.21. The second-order valence-corrected chi connectivity index (χ2v) is 4.06. The Labute approximate surface area is 104 Å². The maximum Gasteiger partial charge on any atom is 0.242 e. The van der Waals surface area contributed by atoms with Crippen LogP contribution >= 0.6 is 0 Å². The topological polar surface area (TPSA) is 105 Å². The molecular weight excluding hydrogens is 239 g/mol. The minimum atomic E-state index is -0.654. The summed E-state index contributed by atoms with van der Waals surface area (Å²) in [5.41, 5.74) is 2.20. The van der Waals surface area contributed by atoms with Crippen molar-refractivity contribution in [2.45, 2.75) is 32.9 Å². The zero-order chi connectivity index (χ0) is 13.7. The second-order valence-electron chi connectivity index (χ2n) is 4.06. The zero-order valence-corrected chi connectivity index (χ0v) is 10.5. The maximum atomic E-state index is 13.4. The van der Waals surface area contributed by atoms with Crippen LogP contribution in [0.15, 0.2) is 6.20 Å². The first-order chi connectivity index (χ1) is 8.43. The van der Waals surface area contributed by atoms with Crippen LogP contribution in [0.2, 0.25) is 0 Å². The molecule has 0 aliphatic carbocycles. The van der Waals surface area contributed by atoms with Gasteiger partial charge in [-0.25, -0.2) is 15.2 Å². The number of anilines is 2. The first-order valence-corrected chi connectivity index (χ1v) is 5.50. The van der Waals surface area contributed by atoms with E-state index in [-0.39, 0.29) is 23.7 Å². The van der Waals surface area contributed by atoms with Crippen molar-refractivity contribution in [2.75, 3.05) is 10.7 Å². The van der Waals surface area contributed by atoms with E-state index in [4.69, 9.17) is 5.84 Å². The number of aromatic nitrogens is 2. The van der Waals surface area contributed by atoms with Crippen molar-refractivity contribution < 1.29 is 9.18 Å². The number of hydrogen-bond donors (Lipinski definition) is 4. The highest BCUT2D eigenvalue weighted by atomic mass is 19.1. The summed E-state index contributed by atoms with van der Waals surface area (Å²) in [6.07, 6.45) is 0.970. The number of amides is 1. The van der Waals surface area contributed by atoms with E-state index in [1.54, 1.807) is 6.92 Å². The lowest BCUT2D eigenvalue weighted by Gasteiger charge is -2.16. The molecule has 0 saturated heterocycles. The Morgan fingerprint density at radius 3 is 2.67 bits per heavy atom. The van der Waals surface area contributed by atoms with E-state index in [0.717, 1.165) is 6.20 Å². The number of nitrogens with one attached hydrogen (secondary N) is 3. The molecule has 0 saturated carbocycles. The van der Waals surface area contributed by atoms with Gasteiger partial charge in [-0.1, -0.05) is 0 Å². The minimum Gasteiger partial charge on any atom is -0.356 e. The van der Waals surface area contributed by atoms with Crippen LogP contribution in [-0.2, 0) is 4.79 Å². The molecule has 1 unspecified atom stereocenters. The molecule has 5 N–H and O–H groups in total. The number of nitrogens with two attached hydrogens (primary N) is 1. The number of rotatable bonds is 5. The van der Waals surface area contributed by atoms with Crippen molar-refractivity contribution in [3.05, 3.63) is 12.0 Å². The third-order valence-electron chi connectivity index (χ3n) is 2.05. The van der Waals surface area contributed by atoms with Gasteiger partial charge in [-0.15, -0.1) is 0 Å². The number of carbonyl (C=O) groups is 1. The number of hydrogen-bond acceptors (Lipinski definition) is 6. The predicted octanol–water partition coefficient (Wildman–Crippen LogP) is 0.226. The Kier molecular flexibility index (Phi) is 4.78. The van der Waals surface area contributed by atoms with Gasteiger partial charge < -0.3 is 10.6 Å². The fourth-order valence-electron chi connectivity index (χ4n) is 1.22. The number of nitrogen functional groups attached to an aromatic ring is 1. The van der Waals surface area contributed by atoms with Gasteiger partial charge in [0.1, 0.15) is 6.04 Å². The van der Waals surface area contributed by atoms with E-state index < -0.39 is 11.9 Å². The van der Waals surface area contributed by atoms with Crippen LogP contribution < -0.4 is 21.9 Å². The molecule has 100 valence electrons. The van der Waals surface area contributed by atoms with Gasteiger partial charge in [0, 0.05) is 6.04 Å². The first kappa shape index (κ1) is 14.1. The molecule has 1 heterocycles.